The highest BCUT2D eigenvalue weighted by Gasteiger charge is 2.20. The van der Waals surface area contributed by atoms with E-state index in [1.807, 2.05) is 6.07 Å². The Bertz CT molecular complexity index is 1020. The molecule has 8 heteroatoms. The first-order valence-corrected chi connectivity index (χ1v) is 7.66. The second kappa shape index (κ2) is 6.39. The van der Waals surface area contributed by atoms with Gasteiger partial charge in [-0.25, -0.2) is 4.98 Å². The molecule has 0 N–H and O–H groups in total. The van der Waals surface area contributed by atoms with Crippen LogP contribution in [0.3, 0.4) is 0 Å². The van der Waals surface area contributed by atoms with E-state index in [1.165, 1.54) is 18.2 Å². The van der Waals surface area contributed by atoms with Gasteiger partial charge in [0.25, 0.3) is 11.5 Å². The van der Waals surface area contributed by atoms with E-state index in [-0.39, 0.29) is 18.0 Å². The molecule has 0 unspecified atom stereocenters. The lowest BCUT2D eigenvalue weighted by Crippen LogP contribution is -2.36. The summed E-state index contributed by atoms with van der Waals surface area (Å²) in [5, 5.41) is 0.731. The van der Waals surface area contributed by atoms with Gasteiger partial charge in [0.2, 0.25) is 5.58 Å². The van der Waals surface area contributed by atoms with Crippen molar-refractivity contribution in [3.05, 3.63) is 40.9 Å². The van der Waals surface area contributed by atoms with E-state index in [1.54, 1.807) is 32.3 Å². The molecule has 2 heterocycles. The number of fused-ring (bicyclic) bond motifs is 3. The molecule has 1 atom stereocenters. The van der Waals surface area contributed by atoms with Gasteiger partial charge in [0.15, 0.2) is 6.10 Å². The van der Waals surface area contributed by atoms with Crippen molar-refractivity contribution in [2.45, 2.75) is 19.6 Å². The number of esters is 1. The quantitative estimate of drug-likeness (QED) is 0.660. The third kappa shape index (κ3) is 3.10. The number of carbonyl (C=O) groups is 2. The number of amides is 1. The molecule has 3 rings (SSSR count). The lowest BCUT2D eigenvalue weighted by molar-refractivity contribution is -0.158. The molecule has 0 saturated carbocycles. The molecule has 2 aromatic heterocycles. The first-order valence-electron chi connectivity index (χ1n) is 7.66. The minimum Gasteiger partial charge on any atom is -0.451 e. The van der Waals surface area contributed by atoms with E-state index in [2.05, 4.69) is 4.98 Å². The van der Waals surface area contributed by atoms with E-state index >= 15 is 0 Å². The van der Waals surface area contributed by atoms with E-state index in [0.29, 0.717) is 11.1 Å². The van der Waals surface area contributed by atoms with Crippen molar-refractivity contribution in [3.63, 3.8) is 0 Å². The monoisotopic (exact) mass is 343 g/mol. The standard InChI is InChI=1S/C17H17N3O5/c1-10(16(22)19(2)3)24-13(21)8-20-9-18-14-11-6-4-5-7-12(11)25-15(14)17(20)23/h4-7,9-10H,8H2,1-3H3/t10-/m0/s1. The minimum absolute atomic E-state index is 0.0777. The van der Waals surface area contributed by atoms with Crippen LogP contribution in [0.25, 0.3) is 22.1 Å². The Morgan fingerprint density at radius 2 is 2.04 bits per heavy atom. The number of carbonyl (C=O) groups excluding carboxylic acids is 2. The summed E-state index contributed by atoms with van der Waals surface area (Å²) < 4.78 is 11.7. The summed E-state index contributed by atoms with van der Waals surface area (Å²) in [6.07, 6.45) is 0.341. The average Bonchev–Trinajstić information content (AvgIpc) is 2.96. The number of hydrogen-bond donors (Lipinski definition) is 0. The Kier molecular flexibility index (Phi) is 4.26. The van der Waals surface area contributed by atoms with Gasteiger partial charge in [-0.2, -0.15) is 0 Å². The Labute approximate surface area is 142 Å². The fraction of sp³-hybridized carbons (Fsp3) is 0.294. The molecule has 0 aliphatic heterocycles. The van der Waals surface area contributed by atoms with Crippen LogP contribution in [0.5, 0.6) is 0 Å². The number of furan rings is 1. The number of ether oxygens (including phenoxy) is 1. The first kappa shape index (κ1) is 16.7. The summed E-state index contributed by atoms with van der Waals surface area (Å²) in [6, 6.07) is 7.17. The van der Waals surface area contributed by atoms with Crippen molar-refractivity contribution < 1.29 is 18.7 Å². The van der Waals surface area contributed by atoms with Crippen LogP contribution < -0.4 is 5.56 Å². The molecule has 25 heavy (non-hydrogen) atoms. The fourth-order valence-electron chi connectivity index (χ4n) is 2.52. The SMILES string of the molecule is C[C@H](OC(=O)Cn1cnc2c(oc3ccccc32)c1=O)C(=O)N(C)C. The predicted octanol–water partition coefficient (Wildman–Crippen LogP) is 1.16. The highest BCUT2D eigenvalue weighted by molar-refractivity contribution is 6.01. The van der Waals surface area contributed by atoms with Crippen LogP contribution >= 0.6 is 0 Å². The van der Waals surface area contributed by atoms with Crippen molar-refractivity contribution >= 4 is 33.9 Å². The molecule has 0 bridgehead atoms. The zero-order valence-electron chi connectivity index (χ0n) is 14.1. The molecule has 0 radical (unpaired) electrons. The first-order chi connectivity index (χ1) is 11.9. The lowest BCUT2D eigenvalue weighted by Gasteiger charge is -2.17. The highest BCUT2D eigenvalue weighted by Crippen LogP contribution is 2.23. The number of hydrogen-bond acceptors (Lipinski definition) is 6. The van der Waals surface area contributed by atoms with Crippen LogP contribution in [0.15, 0.2) is 39.8 Å². The van der Waals surface area contributed by atoms with Crippen LogP contribution in [-0.2, 0) is 20.9 Å². The van der Waals surface area contributed by atoms with Crippen LogP contribution in [0.1, 0.15) is 6.92 Å². The Morgan fingerprint density at radius 3 is 2.76 bits per heavy atom. The number of nitrogens with zero attached hydrogens (tertiary/aromatic N) is 3. The lowest BCUT2D eigenvalue weighted by atomic mass is 10.2. The number of aromatic nitrogens is 2. The smallest absolute Gasteiger partial charge is 0.326 e. The highest BCUT2D eigenvalue weighted by atomic mass is 16.5. The second-order valence-electron chi connectivity index (χ2n) is 5.82. The third-order valence-corrected chi connectivity index (χ3v) is 3.75. The van der Waals surface area contributed by atoms with Crippen LogP contribution in [-0.4, -0.2) is 46.5 Å². The zero-order chi connectivity index (χ0) is 18.1. The fourth-order valence-corrected chi connectivity index (χ4v) is 2.52. The van der Waals surface area contributed by atoms with Crippen molar-refractivity contribution in [2.75, 3.05) is 14.1 Å². The van der Waals surface area contributed by atoms with E-state index in [4.69, 9.17) is 9.15 Å². The van der Waals surface area contributed by atoms with E-state index in [9.17, 15) is 14.4 Å². The van der Waals surface area contributed by atoms with Gasteiger partial charge in [-0.1, -0.05) is 12.1 Å². The summed E-state index contributed by atoms with van der Waals surface area (Å²) in [7, 11) is 3.13. The van der Waals surface area contributed by atoms with E-state index in [0.717, 1.165) is 9.95 Å². The van der Waals surface area contributed by atoms with Gasteiger partial charge >= 0.3 is 5.97 Å². The summed E-state index contributed by atoms with van der Waals surface area (Å²) in [4.78, 5) is 41.8. The molecule has 0 fully saturated rings. The number of likely N-dealkylation sites (N-methyl/N-ethyl adjacent to an activating group) is 1. The van der Waals surface area contributed by atoms with Gasteiger partial charge in [-0.15, -0.1) is 0 Å². The van der Waals surface area contributed by atoms with Crippen LogP contribution in [0, 0.1) is 0 Å². The van der Waals surface area contributed by atoms with Crippen molar-refractivity contribution in [2.24, 2.45) is 0 Å². The van der Waals surface area contributed by atoms with Gasteiger partial charge in [0, 0.05) is 19.5 Å². The second-order valence-corrected chi connectivity index (χ2v) is 5.82. The van der Waals surface area contributed by atoms with Gasteiger partial charge in [-0.05, 0) is 19.1 Å². The van der Waals surface area contributed by atoms with Crippen molar-refractivity contribution in [1.29, 1.82) is 0 Å². The molecule has 0 aliphatic carbocycles. The maximum Gasteiger partial charge on any atom is 0.326 e. The van der Waals surface area contributed by atoms with Crippen LogP contribution in [0.4, 0.5) is 0 Å². The van der Waals surface area contributed by atoms with Crippen molar-refractivity contribution in [1.82, 2.24) is 14.5 Å². The number of para-hydroxylation sites is 1. The maximum atomic E-state index is 12.5. The normalized spacial score (nSPS) is 12.3. The summed E-state index contributed by atoms with van der Waals surface area (Å²) >= 11 is 0. The number of rotatable bonds is 4. The third-order valence-electron chi connectivity index (χ3n) is 3.75. The molecule has 0 spiro atoms. The van der Waals surface area contributed by atoms with Gasteiger partial charge < -0.3 is 14.1 Å². The van der Waals surface area contributed by atoms with Crippen molar-refractivity contribution in [3.8, 4) is 0 Å². The minimum atomic E-state index is -0.930. The van der Waals surface area contributed by atoms with Gasteiger partial charge in [0.1, 0.15) is 17.6 Å². The molecule has 0 aliphatic rings. The summed E-state index contributed by atoms with van der Waals surface area (Å²) in [5.74, 6) is -1.05. The molecular weight excluding hydrogens is 326 g/mol. The van der Waals surface area contributed by atoms with Gasteiger partial charge in [-0.3, -0.25) is 19.0 Å². The molecule has 3 aromatic rings. The maximum absolute atomic E-state index is 12.5. The van der Waals surface area contributed by atoms with Gasteiger partial charge in [0.05, 0.1) is 6.33 Å². The summed E-state index contributed by atoms with van der Waals surface area (Å²) in [6.45, 7) is 1.12. The Balaban J connectivity index is 1.86. The Morgan fingerprint density at radius 1 is 1.32 bits per heavy atom. The zero-order valence-corrected chi connectivity index (χ0v) is 14.1. The van der Waals surface area contributed by atoms with E-state index < -0.39 is 17.6 Å². The largest absolute Gasteiger partial charge is 0.451 e. The molecular formula is C17H17N3O5. The predicted molar refractivity (Wildman–Crippen MR) is 90.0 cm³/mol. The topological polar surface area (TPSA) is 94.6 Å². The average molecular weight is 343 g/mol. The number of benzene rings is 1. The summed E-state index contributed by atoms with van der Waals surface area (Å²) in [5.41, 5.74) is 0.590. The molecule has 130 valence electrons. The molecule has 0 saturated heterocycles. The molecule has 1 aromatic carbocycles. The van der Waals surface area contributed by atoms with Crippen LogP contribution in [0.2, 0.25) is 0 Å². The Hall–Kier alpha value is -3.16. The molecule has 8 nitrogen and oxygen atoms in total. The molecule has 1 amide bonds.